The van der Waals surface area contributed by atoms with Crippen LogP contribution in [0, 0.1) is 0 Å². The van der Waals surface area contributed by atoms with Gasteiger partial charge in [0.05, 0.1) is 23.9 Å². The number of carbonyl (C=O) groups excluding carboxylic acids is 1. The zero-order chi connectivity index (χ0) is 16.8. The lowest BCUT2D eigenvalue weighted by Crippen LogP contribution is -2.65. The van der Waals surface area contributed by atoms with E-state index in [0.29, 0.717) is 0 Å². The largest absolute Gasteiger partial charge is 0.506 e. The molecule has 5 nitrogen and oxygen atoms in total. The van der Waals surface area contributed by atoms with Crippen LogP contribution < -0.4 is 0 Å². The van der Waals surface area contributed by atoms with Crippen LogP contribution in [0.15, 0.2) is 18.5 Å². The predicted molar refractivity (Wildman–Crippen MR) is 71.4 cm³/mol. The maximum Gasteiger partial charge on any atom is 0.418 e. The molecule has 1 aromatic heterocycles. The van der Waals surface area contributed by atoms with Crippen LogP contribution in [0.4, 0.5) is 13.2 Å². The molecule has 1 amide bonds. The van der Waals surface area contributed by atoms with Gasteiger partial charge in [-0.25, -0.2) is 0 Å². The maximum atomic E-state index is 13.3. The zero-order valence-corrected chi connectivity index (χ0v) is 12.4. The van der Waals surface area contributed by atoms with Gasteiger partial charge >= 0.3 is 6.18 Å². The molecule has 0 bridgehead atoms. The van der Waals surface area contributed by atoms with Crippen molar-refractivity contribution in [3.8, 4) is 5.75 Å². The van der Waals surface area contributed by atoms with Crippen molar-refractivity contribution in [3.63, 3.8) is 0 Å². The van der Waals surface area contributed by atoms with Crippen molar-refractivity contribution in [1.82, 2.24) is 9.88 Å². The molecule has 1 saturated heterocycles. The van der Waals surface area contributed by atoms with E-state index < -0.39 is 29.8 Å². The Bertz CT molecular complexity index is 589. The second-order valence-corrected chi connectivity index (χ2v) is 6.18. The number of hydrogen-bond acceptors (Lipinski definition) is 4. The van der Waals surface area contributed by atoms with Gasteiger partial charge in [-0.1, -0.05) is 0 Å². The number of ether oxygens (including phenoxy) is 1. The van der Waals surface area contributed by atoms with Crippen LogP contribution in [0.5, 0.6) is 5.75 Å². The highest BCUT2D eigenvalue weighted by Crippen LogP contribution is 2.40. The Hall–Kier alpha value is -1.83. The van der Waals surface area contributed by atoms with E-state index >= 15 is 0 Å². The summed E-state index contributed by atoms with van der Waals surface area (Å²) >= 11 is 0. The van der Waals surface area contributed by atoms with Crippen LogP contribution in [-0.4, -0.2) is 51.4 Å². The molecule has 1 aliphatic rings. The van der Waals surface area contributed by atoms with Gasteiger partial charge in [0.15, 0.2) is 5.60 Å². The topological polar surface area (TPSA) is 62.7 Å². The third-order valence-corrected chi connectivity index (χ3v) is 3.42. The van der Waals surface area contributed by atoms with Crippen LogP contribution in [0.25, 0.3) is 0 Å². The van der Waals surface area contributed by atoms with Gasteiger partial charge in [-0.05, 0) is 26.8 Å². The van der Waals surface area contributed by atoms with E-state index in [9.17, 15) is 23.1 Å². The molecule has 1 N–H and O–H groups in total. The first kappa shape index (κ1) is 16.5. The molecule has 1 fully saturated rings. The molecule has 1 aromatic rings. The lowest BCUT2D eigenvalue weighted by Gasteiger charge is -2.48. The molecule has 0 saturated carbocycles. The number of aromatic nitrogens is 1. The summed E-state index contributed by atoms with van der Waals surface area (Å²) in [5.41, 5.74) is -3.57. The molecule has 2 heterocycles. The summed E-state index contributed by atoms with van der Waals surface area (Å²) < 4.78 is 45.0. The highest BCUT2D eigenvalue weighted by atomic mass is 19.4. The van der Waals surface area contributed by atoms with Gasteiger partial charge in [0.25, 0.3) is 5.91 Å². The average Bonchev–Trinajstić information content (AvgIpc) is 2.34. The lowest BCUT2D eigenvalue weighted by atomic mass is 9.96. The fourth-order valence-electron chi connectivity index (χ4n) is 2.57. The first-order valence-corrected chi connectivity index (χ1v) is 6.64. The zero-order valence-electron chi connectivity index (χ0n) is 12.4. The highest BCUT2D eigenvalue weighted by Gasteiger charge is 2.58. The number of alkyl halides is 3. The molecular weight excluding hydrogens is 301 g/mol. The van der Waals surface area contributed by atoms with E-state index in [1.54, 1.807) is 0 Å². The van der Waals surface area contributed by atoms with Gasteiger partial charge in [-0.15, -0.1) is 0 Å². The van der Waals surface area contributed by atoms with E-state index in [2.05, 4.69) is 4.98 Å². The van der Waals surface area contributed by atoms with Crippen LogP contribution in [0.2, 0.25) is 0 Å². The SMILES string of the molecule is CC1(C)CN(C(=O)c2cncc(O)c2)C[C@@](C)(C(F)(F)F)O1. The number of rotatable bonds is 1. The number of aromatic hydroxyl groups is 1. The number of amides is 1. The summed E-state index contributed by atoms with van der Waals surface area (Å²) in [5.74, 6) is -0.854. The second-order valence-electron chi connectivity index (χ2n) is 6.18. The van der Waals surface area contributed by atoms with Gasteiger partial charge in [0, 0.05) is 12.7 Å². The normalized spacial score (nSPS) is 25.1. The highest BCUT2D eigenvalue weighted by molar-refractivity contribution is 5.94. The number of carbonyl (C=O) groups is 1. The molecular formula is C14H17F3N2O3. The number of hydrogen-bond donors (Lipinski definition) is 1. The molecule has 0 aliphatic carbocycles. The Morgan fingerprint density at radius 3 is 2.50 bits per heavy atom. The summed E-state index contributed by atoms with van der Waals surface area (Å²) in [6.45, 7) is 3.31. The summed E-state index contributed by atoms with van der Waals surface area (Å²) in [6, 6.07) is 1.17. The molecule has 0 aromatic carbocycles. The van der Waals surface area contributed by atoms with Crippen molar-refractivity contribution in [2.75, 3.05) is 13.1 Å². The van der Waals surface area contributed by atoms with Crippen molar-refractivity contribution in [1.29, 1.82) is 0 Å². The van der Waals surface area contributed by atoms with E-state index in [0.717, 1.165) is 18.0 Å². The van der Waals surface area contributed by atoms with Gasteiger partial charge in [-0.3, -0.25) is 9.78 Å². The number of nitrogens with zero attached hydrogens (tertiary/aromatic N) is 2. The summed E-state index contributed by atoms with van der Waals surface area (Å²) in [7, 11) is 0. The Morgan fingerprint density at radius 1 is 1.32 bits per heavy atom. The molecule has 0 spiro atoms. The van der Waals surface area contributed by atoms with Gasteiger partial charge in [0.1, 0.15) is 5.75 Å². The van der Waals surface area contributed by atoms with E-state index in [1.807, 2.05) is 0 Å². The van der Waals surface area contributed by atoms with Crippen molar-refractivity contribution < 1.29 is 27.8 Å². The maximum absolute atomic E-state index is 13.3. The van der Waals surface area contributed by atoms with Crippen LogP contribution in [0.3, 0.4) is 0 Å². The second kappa shape index (κ2) is 5.12. The first-order chi connectivity index (χ1) is 9.94. The number of halogens is 3. The van der Waals surface area contributed by atoms with Crippen molar-refractivity contribution >= 4 is 5.91 Å². The number of morpholine rings is 1. The number of pyridine rings is 1. The standard InChI is InChI=1S/C14H17F3N2O3/c1-12(2)7-19(8-13(3,22-12)14(15,16)17)11(21)9-4-10(20)6-18-5-9/h4-6,20H,7-8H2,1-3H3/t13-/m0/s1. The molecule has 0 unspecified atom stereocenters. The molecule has 22 heavy (non-hydrogen) atoms. The summed E-state index contributed by atoms with van der Waals surface area (Å²) in [4.78, 5) is 17.2. The molecule has 0 radical (unpaired) electrons. The van der Waals surface area contributed by atoms with Crippen molar-refractivity contribution in [2.45, 2.75) is 38.1 Å². The quantitative estimate of drug-likeness (QED) is 0.863. The summed E-state index contributed by atoms with van der Waals surface area (Å²) in [6.07, 6.45) is -2.27. The lowest BCUT2D eigenvalue weighted by molar-refractivity contribution is -0.318. The molecule has 122 valence electrons. The van der Waals surface area contributed by atoms with Crippen LogP contribution in [0.1, 0.15) is 31.1 Å². The van der Waals surface area contributed by atoms with E-state index in [1.165, 1.54) is 26.1 Å². The Kier molecular flexibility index (Phi) is 3.85. The van der Waals surface area contributed by atoms with Gasteiger partial charge < -0.3 is 14.7 Å². The Morgan fingerprint density at radius 2 is 1.95 bits per heavy atom. The van der Waals surface area contributed by atoms with E-state index in [4.69, 9.17) is 4.74 Å². The van der Waals surface area contributed by atoms with Crippen LogP contribution >= 0.6 is 0 Å². The molecule has 1 aliphatic heterocycles. The fraction of sp³-hybridized carbons (Fsp3) is 0.571. The molecule has 2 rings (SSSR count). The Labute approximate surface area is 125 Å². The van der Waals surface area contributed by atoms with Gasteiger partial charge in [0.2, 0.25) is 0 Å². The Balaban J connectivity index is 2.33. The monoisotopic (exact) mass is 318 g/mol. The first-order valence-electron chi connectivity index (χ1n) is 6.64. The minimum absolute atomic E-state index is 0.00710. The minimum Gasteiger partial charge on any atom is -0.506 e. The third kappa shape index (κ3) is 3.16. The van der Waals surface area contributed by atoms with Gasteiger partial charge in [-0.2, -0.15) is 13.2 Å². The third-order valence-electron chi connectivity index (χ3n) is 3.42. The smallest absolute Gasteiger partial charge is 0.418 e. The molecule has 1 atom stereocenters. The van der Waals surface area contributed by atoms with Crippen LogP contribution in [-0.2, 0) is 4.74 Å². The minimum atomic E-state index is -4.61. The molecule has 8 heteroatoms. The van der Waals surface area contributed by atoms with Crippen molar-refractivity contribution in [3.05, 3.63) is 24.0 Å². The average molecular weight is 318 g/mol. The predicted octanol–water partition coefficient (Wildman–Crippen LogP) is 2.36. The summed E-state index contributed by atoms with van der Waals surface area (Å²) in [5, 5.41) is 9.36. The van der Waals surface area contributed by atoms with E-state index in [-0.39, 0.29) is 17.9 Å². The van der Waals surface area contributed by atoms with Crippen molar-refractivity contribution in [2.24, 2.45) is 0 Å². The fourth-order valence-corrected chi connectivity index (χ4v) is 2.57.